The number of aryl methyl sites for hydroxylation is 1. The Hall–Kier alpha value is -2.71. The lowest BCUT2D eigenvalue weighted by atomic mass is 9.98. The first-order chi connectivity index (χ1) is 15.4. The van der Waals surface area contributed by atoms with Crippen LogP contribution >= 0.6 is 0 Å². The molecule has 172 valence electrons. The Balaban J connectivity index is 1.46. The molecule has 2 atom stereocenters. The number of benzene rings is 2. The van der Waals surface area contributed by atoms with E-state index >= 15 is 0 Å². The summed E-state index contributed by atoms with van der Waals surface area (Å²) in [7, 11) is -3.64. The van der Waals surface area contributed by atoms with Gasteiger partial charge in [0.05, 0.1) is 10.8 Å². The molecule has 0 bridgehead atoms. The number of nitrogens with zero attached hydrogens (tertiary/aromatic N) is 1. The van der Waals surface area contributed by atoms with Gasteiger partial charge in [-0.2, -0.15) is 4.31 Å². The van der Waals surface area contributed by atoms with Crippen LogP contribution in [0, 0.1) is 5.92 Å². The van der Waals surface area contributed by atoms with Crippen molar-refractivity contribution in [2.45, 2.75) is 43.5 Å². The van der Waals surface area contributed by atoms with E-state index in [2.05, 4.69) is 22.8 Å². The number of nitrogens with one attached hydrogen (secondary N) is 2. The minimum Gasteiger partial charge on any atom is -0.354 e. The number of piperidine rings is 1. The van der Waals surface area contributed by atoms with Gasteiger partial charge in [-0.15, -0.1) is 0 Å². The van der Waals surface area contributed by atoms with Gasteiger partial charge >= 0.3 is 0 Å². The van der Waals surface area contributed by atoms with E-state index in [4.69, 9.17) is 0 Å². The molecule has 8 heteroatoms. The van der Waals surface area contributed by atoms with E-state index in [0.717, 1.165) is 12.8 Å². The highest BCUT2D eigenvalue weighted by molar-refractivity contribution is 7.89. The summed E-state index contributed by atoms with van der Waals surface area (Å²) >= 11 is 0. The van der Waals surface area contributed by atoms with Crippen molar-refractivity contribution >= 4 is 21.8 Å². The second-order valence-electron chi connectivity index (χ2n) is 8.13. The summed E-state index contributed by atoms with van der Waals surface area (Å²) in [6.45, 7) is 2.68. The predicted molar refractivity (Wildman–Crippen MR) is 123 cm³/mol. The van der Waals surface area contributed by atoms with Crippen LogP contribution in [0.15, 0.2) is 65.6 Å². The maximum Gasteiger partial charge on any atom is 0.243 e. The Labute approximate surface area is 190 Å². The molecule has 2 aromatic carbocycles. The molecule has 0 unspecified atom stereocenters. The van der Waals surface area contributed by atoms with Crippen molar-refractivity contribution in [1.29, 1.82) is 0 Å². The zero-order valence-corrected chi connectivity index (χ0v) is 19.2. The van der Waals surface area contributed by atoms with Crippen LogP contribution in [0.2, 0.25) is 0 Å². The molecule has 1 saturated heterocycles. The number of carbonyl (C=O) groups is 2. The number of amides is 2. The molecule has 32 heavy (non-hydrogen) atoms. The van der Waals surface area contributed by atoms with Gasteiger partial charge in [0.1, 0.15) is 6.04 Å². The van der Waals surface area contributed by atoms with Gasteiger partial charge in [-0.05, 0) is 50.3 Å². The van der Waals surface area contributed by atoms with E-state index in [1.807, 2.05) is 18.2 Å². The normalized spacial score (nSPS) is 18.0. The van der Waals surface area contributed by atoms with Crippen molar-refractivity contribution in [3.63, 3.8) is 0 Å². The van der Waals surface area contributed by atoms with Crippen LogP contribution in [0.5, 0.6) is 0 Å². The first-order valence-electron chi connectivity index (χ1n) is 11.0. The van der Waals surface area contributed by atoms with Crippen molar-refractivity contribution in [1.82, 2.24) is 14.9 Å². The number of hydrogen-bond donors (Lipinski definition) is 2. The zero-order valence-electron chi connectivity index (χ0n) is 18.4. The zero-order chi connectivity index (χ0) is 23.0. The minimum absolute atomic E-state index is 0.120. The Bertz CT molecular complexity index is 996. The van der Waals surface area contributed by atoms with E-state index < -0.39 is 22.0 Å². The van der Waals surface area contributed by atoms with Crippen molar-refractivity contribution < 1.29 is 18.0 Å². The maximum atomic E-state index is 12.9. The number of hydrogen-bond acceptors (Lipinski definition) is 4. The lowest BCUT2D eigenvalue weighted by molar-refractivity contribution is -0.131. The first kappa shape index (κ1) is 23.9. The lowest BCUT2D eigenvalue weighted by Crippen LogP contribution is -2.50. The second-order valence-corrected chi connectivity index (χ2v) is 10.1. The molecular formula is C24H31N3O4S. The lowest BCUT2D eigenvalue weighted by Gasteiger charge is -2.31. The SMILES string of the molecule is C[C@@H](NC(=O)[C@@H]1CCCN(S(=O)(=O)c2ccccc2)C1)C(=O)NCCCc1ccccc1. The van der Waals surface area contributed by atoms with E-state index in [0.29, 0.717) is 25.9 Å². The van der Waals surface area contributed by atoms with Crippen LogP contribution in [0.4, 0.5) is 0 Å². The minimum atomic E-state index is -3.64. The molecule has 0 saturated carbocycles. The van der Waals surface area contributed by atoms with Gasteiger partial charge < -0.3 is 10.6 Å². The molecule has 2 aromatic rings. The predicted octanol–water partition coefficient (Wildman–Crippen LogP) is 2.34. The van der Waals surface area contributed by atoms with E-state index in [1.54, 1.807) is 37.3 Å². The third-order valence-electron chi connectivity index (χ3n) is 5.67. The molecule has 2 N–H and O–H groups in total. The maximum absolute atomic E-state index is 12.9. The Morgan fingerprint density at radius 3 is 2.41 bits per heavy atom. The molecular weight excluding hydrogens is 426 g/mol. The highest BCUT2D eigenvalue weighted by atomic mass is 32.2. The van der Waals surface area contributed by atoms with Crippen LogP contribution in [0.1, 0.15) is 31.7 Å². The molecule has 0 radical (unpaired) electrons. The van der Waals surface area contributed by atoms with Gasteiger partial charge in [0, 0.05) is 19.6 Å². The van der Waals surface area contributed by atoms with Gasteiger partial charge in [-0.1, -0.05) is 48.5 Å². The summed E-state index contributed by atoms with van der Waals surface area (Å²) in [6.07, 6.45) is 2.88. The molecule has 1 aliphatic rings. The van der Waals surface area contributed by atoms with Crippen LogP contribution in [-0.4, -0.2) is 50.2 Å². The fourth-order valence-corrected chi connectivity index (χ4v) is 5.36. The van der Waals surface area contributed by atoms with Gasteiger partial charge in [0.25, 0.3) is 0 Å². The molecule has 7 nitrogen and oxygen atoms in total. The summed E-state index contributed by atoms with van der Waals surface area (Å²) in [6, 6.07) is 17.6. The topological polar surface area (TPSA) is 95.6 Å². The largest absolute Gasteiger partial charge is 0.354 e. The van der Waals surface area contributed by atoms with Crippen LogP contribution < -0.4 is 10.6 Å². The Kier molecular flexibility index (Phi) is 8.41. The third-order valence-corrected chi connectivity index (χ3v) is 7.55. The van der Waals surface area contributed by atoms with Crippen molar-refractivity contribution in [3.05, 3.63) is 66.2 Å². The van der Waals surface area contributed by atoms with Crippen molar-refractivity contribution in [2.24, 2.45) is 5.92 Å². The van der Waals surface area contributed by atoms with E-state index in [9.17, 15) is 18.0 Å². The summed E-state index contributed by atoms with van der Waals surface area (Å²) in [4.78, 5) is 25.3. The number of rotatable bonds is 9. The molecule has 3 rings (SSSR count). The average Bonchev–Trinajstić information content (AvgIpc) is 2.83. The summed E-state index contributed by atoms with van der Waals surface area (Å²) in [5.41, 5.74) is 1.22. The second kappa shape index (κ2) is 11.2. The molecule has 2 amide bonds. The molecule has 0 aromatic heterocycles. The van der Waals surface area contributed by atoms with E-state index in [1.165, 1.54) is 9.87 Å². The fraction of sp³-hybridized carbons (Fsp3) is 0.417. The quantitative estimate of drug-likeness (QED) is 0.565. The summed E-state index contributed by atoms with van der Waals surface area (Å²) in [5.74, 6) is -1.00. The molecule has 1 heterocycles. The van der Waals surface area contributed by atoms with Crippen LogP contribution in [-0.2, 0) is 26.0 Å². The molecule has 1 fully saturated rings. The summed E-state index contributed by atoms with van der Waals surface area (Å²) in [5, 5.41) is 5.60. The van der Waals surface area contributed by atoms with Gasteiger partial charge in [0.2, 0.25) is 21.8 Å². The monoisotopic (exact) mass is 457 g/mol. The summed E-state index contributed by atoms with van der Waals surface area (Å²) < 4.78 is 27.1. The number of carbonyl (C=O) groups excluding carboxylic acids is 2. The average molecular weight is 458 g/mol. The van der Waals surface area contributed by atoms with E-state index in [-0.39, 0.29) is 23.3 Å². The Morgan fingerprint density at radius 2 is 1.72 bits per heavy atom. The fourth-order valence-electron chi connectivity index (χ4n) is 3.81. The van der Waals surface area contributed by atoms with Gasteiger partial charge in [0.15, 0.2) is 0 Å². The molecule has 1 aliphatic heterocycles. The standard InChI is InChI=1S/C24H31N3O4S/c1-19(23(28)25-16-8-12-20-10-4-2-5-11-20)26-24(29)21-13-9-17-27(18-21)32(30,31)22-14-6-3-7-15-22/h2-7,10-11,14-15,19,21H,8-9,12-13,16-18H2,1H3,(H,25,28)(H,26,29)/t19-,21-/m1/s1. The van der Waals surface area contributed by atoms with Crippen molar-refractivity contribution in [2.75, 3.05) is 19.6 Å². The highest BCUT2D eigenvalue weighted by Crippen LogP contribution is 2.23. The first-order valence-corrected chi connectivity index (χ1v) is 12.5. The van der Waals surface area contributed by atoms with Gasteiger partial charge in [-0.25, -0.2) is 8.42 Å². The molecule has 0 spiro atoms. The van der Waals surface area contributed by atoms with Crippen molar-refractivity contribution in [3.8, 4) is 0 Å². The van der Waals surface area contributed by atoms with Crippen LogP contribution in [0.25, 0.3) is 0 Å². The number of sulfonamides is 1. The smallest absolute Gasteiger partial charge is 0.243 e. The Morgan fingerprint density at radius 1 is 1.06 bits per heavy atom. The van der Waals surface area contributed by atoms with Crippen LogP contribution in [0.3, 0.4) is 0 Å². The molecule has 0 aliphatic carbocycles. The highest BCUT2D eigenvalue weighted by Gasteiger charge is 2.34. The van der Waals surface area contributed by atoms with Gasteiger partial charge in [-0.3, -0.25) is 9.59 Å². The third kappa shape index (κ3) is 6.40.